The van der Waals surface area contributed by atoms with E-state index in [1.165, 1.54) is 24.6 Å². The van der Waals surface area contributed by atoms with E-state index in [9.17, 15) is 9.18 Å². The largest absolute Gasteiger partial charge is 0.398 e. The minimum atomic E-state index is -0.419. The first-order valence-corrected chi connectivity index (χ1v) is 5.79. The summed E-state index contributed by atoms with van der Waals surface area (Å²) in [5, 5.41) is 0. The maximum Gasteiger partial charge on any atom is 0.255 e. The molecule has 2 atom stereocenters. The molecule has 1 amide bonds. The molecule has 0 radical (unpaired) electrons. The highest BCUT2D eigenvalue weighted by Crippen LogP contribution is 2.38. The third kappa shape index (κ3) is 2.57. The Morgan fingerprint density at radius 1 is 1.59 bits per heavy atom. The van der Waals surface area contributed by atoms with E-state index in [1.54, 1.807) is 11.9 Å². The number of hydrogen-bond donors (Lipinski definition) is 1. The van der Waals surface area contributed by atoms with Crippen LogP contribution in [0.3, 0.4) is 0 Å². The Balaban J connectivity index is 2.07. The molecule has 92 valence electrons. The van der Waals surface area contributed by atoms with Crippen LogP contribution in [0.25, 0.3) is 0 Å². The van der Waals surface area contributed by atoms with Gasteiger partial charge in [-0.3, -0.25) is 4.79 Å². The van der Waals surface area contributed by atoms with Crippen LogP contribution in [0.15, 0.2) is 18.2 Å². The van der Waals surface area contributed by atoms with Crippen LogP contribution in [0.1, 0.15) is 23.7 Å². The van der Waals surface area contributed by atoms with Crippen LogP contribution in [0.4, 0.5) is 10.1 Å². The monoisotopic (exact) mass is 236 g/mol. The highest BCUT2D eigenvalue weighted by Gasteiger charge is 2.34. The van der Waals surface area contributed by atoms with Gasteiger partial charge in [0.05, 0.1) is 5.56 Å². The van der Waals surface area contributed by atoms with Crippen molar-refractivity contribution in [2.45, 2.75) is 13.3 Å². The Morgan fingerprint density at radius 2 is 2.24 bits per heavy atom. The van der Waals surface area contributed by atoms with E-state index < -0.39 is 5.82 Å². The zero-order valence-electron chi connectivity index (χ0n) is 10.1. The van der Waals surface area contributed by atoms with Crippen molar-refractivity contribution >= 4 is 11.6 Å². The van der Waals surface area contributed by atoms with E-state index in [2.05, 4.69) is 6.92 Å². The fourth-order valence-electron chi connectivity index (χ4n) is 2.02. The van der Waals surface area contributed by atoms with Crippen molar-refractivity contribution in [3.63, 3.8) is 0 Å². The van der Waals surface area contributed by atoms with E-state index >= 15 is 0 Å². The Kier molecular flexibility index (Phi) is 3.05. The van der Waals surface area contributed by atoms with Crippen molar-refractivity contribution in [2.75, 3.05) is 19.3 Å². The summed E-state index contributed by atoms with van der Waals surface area (Å²) in [6.07, 6.45) is 1.18. The van der Waals surface area contributed by atoms with Crippen molar-refractivity contribution in [1.29, 1.82) is 0 Å². The van der Waals surface area contributed by atoms with Crippen LogP contribution in [0.5, 0.6) is 0 Å². The van der Waals surface area contributed by atoms with E-state index in [-0.39, 0.29) is 11.6 Å². The van der Waals surface area contributed by atoms with Gasteiger partial charge >= 0.3 is 0 Å². The highest BCUT2D eigenvalue weighted by molar-refractivity contribution is 5.98. The number of carbonyl (C=O) groups excluding carboxylic acids is 1. The van der Waals surface area contributed by atoms with Gasteiger partial charge in [0.25, 0.3) is 5.91 Å². The molecule has 1 fully saturated rings. The number of anilines is 1. The number of benzene rings is 1. The van der Waals surface area contributed by atoms with Crippen molar-refractivity contribution in [2.24, 2.45) is 11.8 Å². The minimum absolute atomic E-state index is 0.137. The van der Waals surface area contributed by atoms with Gasteiger partial charge in [0.2, 0.25) is 0 Å². The predicted octanol–water partition coefficient (Wildman–Crippen LogP) is 2.14. The molecule has 17 heavy (non-hydrogen) atoms. The maximum absolute atomic E-state index is 12.9. The van der Waals surface area contributed by atoms with E-state index in [0.717, 1.165) is 6.54 Å². The standard InChI is InChI=1S/C13H17FN2O/c1-8-5-9(8)7-16(2)13(17)11-4-3-10(14)6-12(11)15/h3-4,6,8-9H,5,7,15H2,1-2H3. The molecule has 1 aliphatic carbocycles. The Bertz CT molecular complexity index is 447. The molecule has 3 nitrogen and oxygen atoms in total. The first kappa shape index (κ1) is 11.9. The first-order chi connectivity index (χ1) is 7.99. The summed E-state index contributed by atoms with van der Waals surface area (Å²) in [5.41, 5.74) is 6.22. The van der Waals surface area contributed by atoms with Crippen LogP contribution in [-0.2, 0) is 0 Å². The van der Waals surface area contributed by atoms with E-state index in [1.807, 2.05) is 0 Å². The number of rotatable bonds is 3. The molecule has 0 bridgehead atoms. The average molecular weight is 236 g/mol. The number of nitrogens with zero attached hydrogens (tertiary/aromatic N) is 1. The first-order valence-electron chi connectivity index (χ1n) is 5.79. The lowest BCUT2D eigenvalue weighted by Gasteiger charge is -2.18. The van der Waals surface area contributed by atoms with Crippen LogP contribution >= 0.6 is 0 Å². The number of halogens is 1. The molecule has 0 spiro atoms. The minimum Gasteiger partial charge on any atom is -0.398 e. The van der Waals surface area contributed by atoms with E-state index in [0.29, 0.717) is 17.4 Å². The Morgan fingerprint density at radius 3 is 2.76 bits per heavy atom. The lowest BCUT2D eigenvalue weighted by Crippen LogP contribution is -2.29. The zero-order chi connectivity index (χ0) is 12.6. The second kappa shape index (κ2) is 4.35. The van der Waals surface area contributed by atoms with Crippen LogP contribution in [0, 0.1) is 17.7 Å². The van der Waals surface area contributed by atoms with Gasteiger partial charge in [-0.05, 0) is 36.5 Å². The number of amides is 1. The second-order valence-corrected chi connectivity index (χ2v) is 4.89. The molecule has 2 unspecified atom stereocenters. The van der Waals surface area contributed by atoms with Gasteiger partial charge in [-0.15, -0.1) is 0 Å². The van der Waals surface area contributed by atoms with E-state index in [4.69, 9.17) is 5.73 Å². The summed E-state index contributed by atoms with van der Waals surface area (Å²) >= 11 is 0. The van der Waals surface area contributed by atoms with Crippen molar-refractivity contribution in [1.82, 2.24) is 4.90 Å². The molecule has 0 aromatic heterocycles. The van der Waals surface area contributed by atoms with Gasteiger partial charge in [0, 0.05) is 19.3 Å². The fourth-order valence-corrected chi connectivity index (χ4v) is 2.02. The van der Waals surface area contributed by atoms with Gasteiger partial charge < -0.3 is 10.6 Å². The molecule has 1 aliphatic rings. The highest BCUT2D eigenvalue weighted by atomic mass is 19.1. The normalized spacial score (nSPS) is 22.3. The number of hydrogen-bond acceptors (Lipinski definition) is 2. The summed E-state index contributed by atoms with van der Waals surface area (Å²) in [6.45, 7) is 2.92. The summed E-state index contributed by atoms with van der Waals surface area (Å²) in [7, 11) is 1.76. The summed E-state index contributed by atoms with van der Waals surface area (Å²) < 4.78 is 12.9. The van der Waals surface area contributed by atoms with Crippen LogP contribution in [0.2, 0.25) is 0 Å². The molecular weight excluding hydrogens is 219 g/mol. The average Bonchev–Trinajstić information content (AvgIpc) is 2.93. The molecule has 0 heterocycles. The van der Waals surface area contributed by atoms with Crippen LogP contribution < -0.4 is 5.73 Å². The second-order valence-electron chi connectivity index (χ2n) is 4.89. The lowest BCUT2D eigenvalue weighted by molar-refractivity contribution is 0.0788. The van der Waals surface area contributed by atoms with Crippen molar-refractivity contribution < 1.29 is 9.18 Å². The van der Waals surface area contributed by atoms with Crippen molar-refractivity contribution in [3.8, 4) is 0 Å². The molecule has 1 aromatic carbocycles. The number of carbonyl (C=O) groups is 1. The number of nitrogens with two attached hydrogens (primary N) is 1. The Labute approximate surface area is 100 Å². The van der Waals surface area contributed by atoms with Gasteiger partial charge in [0.15, 0.2) is 0 Å². The molecule has 0 saturated heterocycles. The maximum atomic E-state index is 12.9. The lowest BCUT2D eigenvalue weighted by atomic mass is 10.1. The fraction of sp³-hybridized carbons (Fsp3) is 0.462. The zero-order valence-corrected chi connectivity index (χ0v) is 10.1. The molecule has 0 aliphatic heterocycles. The predicted molar refractivity (Wildman–Crippen MR) is 65.0 cm³/mol. The van der Waals surface area contributed by atoms with Gasteiger partial charge in [-0.1, -0.05) is 6.92 Å². The van der Waals surface area contributed by atoms with Gasteiger partial charge in [0.1, 0.15) is 5.82 Å². The Hall–Kier alpha value is -1.58. The molecule has 2 N–H and O–H groups in total. The van der Waals surface area contributed by atoms with Crippen LogP contribution in [-0.4, -0.2) is 24.4 Å². The van der Waals surface area contributed by atoms with Gasteiger partial charge in [-0.2, -0.15) is 0 Å². The topological polar surface area (TPSA) is 46.3 Å². The molecule has 1 aromatic rings. The summed E-state index contributed by atoms with van der Waals surface area (Å²) in [5.74, 6) is 0.751. The molecule has 2 rings (SSSR count). The quantitative estimate of drug-likeness (QED) is 0.817. The smallest absolute Gasteiger partial charge is 0.255 e. The third-order valence-corrected chi connectivity index (χ3v) is 3.38. The molecule has 4 heteroatoms. The third-order valence-electron chi connectivity index (χ3n) is 3.38. The summed E-state index contributed by atoms with van der Waals surface area (Å²) in [6, 6.07) is 3.89. The summed E-state index contributed by atoms with van der Waals surface area (Å²) in [4.78, 5) is 13.7. The molecular formula is C13H17FN2O. The molecule has 1 saturated carbocycles. The SMILES string of the molecule is CC1CC1CN(C)C(=O)c1ccc(F)cc1N. The van der Waals surface area contributed by atoms with Crippen molar-refractivity contribution in [3.05, 3.63) is 29.6 Å². The van der Waals surface area contributed by atoms with Gasteiger partial charge in [-0.25, -0.2) is 4.39 Å². The number of nitrogen functional groups attached to an aromatic ring is 1.